The van der Waals surface area contributed by atoms with Crippen LogP contribution in [0.4, 0.5) is 0 Å². The molecule has 0 bridgehead atoms. The number of aromatic hydroxyl groups is 1. The number of methoxy groups -OCH3 is 1. The molecule has 1 aromatic heterocycles. The van der Waals surface area contributed by atoms with E-state index in [1.165, 1.54) is 7.11 Å². The zero-order chi connectivity index (χ0) is 14.1. The Kier molecular flexibility index (Phi) is 2.87. The van der Waals surface area contributed by atoms with Gasteiger partial charge in [-0.15, -0.1) is 0 Å². The van der Waals surface area contributed by atoms with Gasteiger partial charge in [0.2, 0.25) is 0 Å². The number of nitrogens with zero attached hydrogens (tertiary/aromatic N) is 2. The highest BCUT2D eigenvalue weighted by Crippen LogP contribution is 2.27. The van der Waals surface area contributed by atoms with Crippen molar-refractivity contribution in [1.82, 2.24) is 9.78 Å². The molecule has 0 saturated carbocycles. The van der Waals surface area contributed by atoms with Gasteiger partial charge in [0.1, 0.15) is 11.3 Å². The van der Waals surface area contributed by atoms with Crippen molar-refractivity contribution in [3.05, 3.63) is 54.4 Å². The normalized spacial score (nSPS) is 10.7. The van der Waals surface area contributed by atoms with E-state index in [2.05, 4.69) is 9.84 Å². The lowest BCUT2D eigenvalue weighted by Crippen LogP contribution is -2.01. The Hall–Kier alpha value is -2.82. The molecule has 5 heteroatoms. The van der Waals surface area contributed by atoms with Crippen molar-refractivity contribution in [2.75, 3.05) is 7.11 Å². The molecule has 5 nitrogen and oxygen atoms in total. The first-order chi connectivity index (χ1) is 9.69. The lowest BCUT2D eigenvalue weighted by atomic mass is 10.1. The Morgan fingerprint density at radius 1 is 1.25 bits per heavy atom. The molecule has 2 aromatic carbocycles. The van der Waals surface area contributed by atoms with Gasteiger partial charge in [0.15, 0.2) is 0 Å². The maximum atomic E-state index is 11.6. The summed E-state index contributed by atoms with van der Waals surface area (Å²) in [5, 5.41) is 15.7. The fraction of sp³-hybridized carbons (Fsp3) is 0.0667. The first-order valence-electron chi connectivity index (χ1n) is 6.04. The highest BCUT2D eigenvalue weighted by atomic mass is 16.5. The number of carbonyl (C=O) groups is 1. The van der Waals surface area contributed by atoms with Gasteiger partial charge in [-0.3, -0.25) is 0 Å². The van der Waals surface area contributed by atoms with Crippen LogP contribution >= 0.6 is 0 Å². The van der Waals surface area contributed by atoms with Gasteiger partial charge in [0.25, 0.3) is 0 Å². The number of rotatable bonds is 2. The van der Waals surface area contributed by atoms with Crippen molar-refractivity contribution >= 4 is 16.7 Å². The molecule has 0 aliphatic heterocycles. The van der Waals surface area contributed by atoms with Crippen LogP contribution in [0.25, 0.3) is 16.5 Å². The van der Waals surface area contributed by atoms with Crippen molar-refractivity contribution < 1.29 is 14.6 Å². The summed E-state index contributed by atoms with van der Waals surface area (Å²) in [7, 11) is 1.28. The Morgan fingerprint density at radius 2 is 2.10 bits per heavy atom. The van der Waals surface area contributed by atoms with Crippen molar-refractivity contribution in [2.45, 2.75) is 0 Å². The van der Waals surface area contributed by atoms with Gasteiger partial charge in [0, 0.05) is 12.4 Å². The quantitative estimate of drug-likeness (QED) is 0.725. The number of esters is 1. The van der Waals surface area contributed by atoms with Crippen LogP contribution in [0.3, 0.4) is 0 Å². The molecule has 20 heavy (non-hydrogen) atoms. The van der Waals surface area contributed by atoms with E-state index in [0.717, 1.165) is 16.5 Å². The van der Waals surface area contributed by atoms with Crippen molar-refractivity contribution in [3.8, 4) is 11.4 Å². The van der Waals surface area contributed by atoms with Crippen LogP contribution in [0.15, 0.2) is 48.8 Å². The number of fused-ring (bicyclic) bond motifs is 1. The second-order valence-electron chi connectivity index (χ2n) is 4.34. The number of hydrogen-bond acceptors (Lipinski definition) is 4. The van der Waals surface area contributed by atoms with Gasteiger partial charge in [-0.25, -0.2) is 9.48 Å². The summed E-state index contributed by atoms with van der Waals surface area (Å²) in [6, 6.07) is 10.7. The molecule has 0 radical (unpaired) electrons. The van der Waals surface area contributed by atoms with E-state index in [4.69, 9.17) is 0 Å². The fourth-order valence-corrected chi connectivity index (χ4v) is 2.11. The average Bonchev–Trinajstić information content (AvgIpc) is 2.99. The third-order valence-corrected chi connectivity index (χ3v) is 3.11. The maximum absolute atomic E-state index is 11.6. The van der Waals surface area contributed by atoms with Crippen LogP contribution in [-0.4, -0.2) is 28.0 Å². The number of hydrogen-bond donors (Lipinski definition) is 1. The van der Waals surface area contributed by atoms with Crippen molar-refractivity contribution in [2.24, 2.45) is 0 Å². The number of phenols is 1. The molecule has 0 fully saturated rings. The minimum absolute atomic E-state index is 0.0869. The van der Waals surface area contributed by atoms with Crippen LogP contribution in [0.1, 0.15) is 10.4 Å². The van der Waals surface area contributed by atoms with E-state index < -0.39 is 5.97 Å². The summed E-state index contributed by atoms with van der Waals surface area (Å²) in [5.41, 5.74) is 1.03. The SMILES string of the molecule is COC(=O)c1cc2cc(-n3cccn3)ccc2cc1O. The molecule has 0 aliphatic rings. The average molecular weight is 268 g/mol. The van der Waals surface area contributed by atoms with Gasteiger partial charge in [-0.1, -0.05) is 6.07 Å². The third kappa shape index (κ3) is 1.99. The molecule has 0 unspecified atom stereocenters. The molecule has 100 valence electrons. The zero-order valence-electron chi connectivity index (χ0n) is 10.8. The van der Waals surface area contributed by atoms with Gasteiger partial charge < -0.3 is 9.84 Å². The summed E-state index contributed by atoms with van der Waals surface area (Å²) >= 11 is 0. The Morgan fingerprint density at radius 3 is 2.80 bits per heavy atom. The molecule has 0 spiro atoms. The molecule has 3 aromatic rings. The van der Waals surface area contributed by atoms with Crippen LogP contribution in [0, 0.1) is 0 Å². The maximum Gasteiger partial charge on any atom is 0.341 e. The minimum Gasteiger partial charge on any atom is -0.507 e. The van der Waals surface area contributed by atoms with E-state index in [0.29, 0.717) is 0 Å². The highest BCUT2D eigenvalue weighted by Gasteiger charge is 2.13. The van der Waals surface area contributed by atoms with Crippen LogP contribution in [0.5, 0.6) is 5.75 Å². The predicted octanol–water partition coefficient (Wildman–Crippen LogP) is 2.52. The molecular formula is C15H12N2O3. The third-order valence-electron chi connectivity index (χ3n) is 3.11. The molecule has 0 amide bonds. The van der Waals surface area contributed by atoms with Crippen molar-refractivity contribution in [1.29, 1.82) is 0 Å². The topological polar surface area (TPSA) is 64.4 Å². The number of benzene rings is 2. The van der Waals surface area contributed by atoms with Gasteiger partial charge in [0.05, 0.1) is 12.8 Å². The van der Waals surface area contributed by atoms with Crippen LogP contribution < -0.4 is 0 Å². The molecule has 0 atom stereocenters. The summed E-state index contributed by atoms with van der Waals surface area (Å²) in [6.07, 6.45) is 3.53. The Labute approximate surface area is 115 Å². The van der Waals surface area contributed by atoms with E-state index in [9.17, 15) is 9.90 Å². The summed E-state index contributed by atoms with van der Waals surface area (Å²) in [6.45, 7) is 0. The Bertz CT molecular complexity index is 779. The van der Waals surface area contributed by atoms with E-state index in [1.54, 1.807) is 23.0 Å². The lowest BCUT2D eigenvalue weighted by molar-refractivity contribution is 0.0597. The summed E-state index contributed by atoms with van der Waals surface area (Å²) in [5.74, 6) is -0.648. The summed E-state index contributed by atoms with van der Waals surface area (Å²) in [4.78, 5) is 11.6. The monoisotopic (exact) mass is 268 g/mol. The number of carbonyl (C=O) groups excluding carboxylic acids is 1. The minimum atomic E-state index is -0.561. The first-order valence-corrected chi connectivity index (χ1v) is 6.04. The Balaban J connectivity index is 2.18. The van der Waals surface area contributed by atoms with Gasteiger partial charge >= 0.3 is 5.97 Å². The number of ether oxygens (including phenoxy) is 1. The number of aromatic nitrogens is 2. The van der Waals surface area contributed by atoms with E-state index in [-0.39, 0.29) is 11.3 Å². The van der Waals surface area contributed by atoms with Crippen LogP contribution in [0.2, 0.25) is 0 Å². The van der Waals surface area contributed by atoms with E-state index in [1.807, 2.05) is 30.5 Å². The molecule has 0 saturated heterocycles. The second-order valence-corrected chi connectivity index (χ2v) is 4.34. The van der Waals surface area contributed by atoms with Gasteiger partial charge in [-0.05, 0) is 41.1 Å². The van der Waals surface area contributed by atoms with E-state index >= 15 is 0 Å². The zero-order valence-corrected chi connectivity index (χ0v) is 10.8. The van der Waals surface area contributed by atoms with Crippen molar-refractivity contribution in [3.63, 3.8) is 0 Å². The number of phenolic OH excluding ortho intramolecular Hbond substituents is 1. The molecule has 3 rings (SSSR count). The summed E-state index contributed by atoms with van der Waals surface area (Å²) < 4.78 is 6.38. The second kappa shape index (κ2) is 4.70. The largest absolute Gasteiger partial charge is 0.507 e. The van der Waals surface area contributed by atoms with Gasteiger partial charge in [-0.2, -0.15) is 5.10 Å². The predicted molar refractivity (Wildman–Crippen MR) is 74.1 cm³/mol. The standard InChI is InChI=1S/C15H12N2O3/c1-20-15(19)13-8-11-7-12(17-6-2-5-16-17)4-3-10(11)9-14(13)18/h2-9,18H,1H3. The molecular weight excluding hydrogens is 256 g/mol. The fourth-order valence-electron chi connectivity index (χ4n) is 2.11. The molecule has 0 aliphatic carbocycles. The lowest BCUT2D eigenvalue weighted by Gasteiger charge is -2.07. The molecule has 1 N–H and O–H groups in total. The first kappa shape index (κ1) is 12.2. The molecule has 1 heterocycles. The smallest absolute Gasteiger partial charge is 0.341 e. The van der Waals surface area contributed by atoms with Crippen LogP contribution in [-0.2, 0) is 4.74 Å². The highest BCUT2D eigenvalue weighted by molar-refractivity contribution is 5.98.